The van der Waals surface area contributed by atoms with Gasteiger partial charge in [0.15, 0.2) is 11.6 Å². The van der Waals surface area contributed by atoms with Gasteiger partial charge in [-0.05, 0) is 49.6 Å². The topological polar surface area (TPSA) is 84.3 Å². The van der Waals surface area contributed by atoms with E-state index in [1.165, 1.54) is 24.3 Å². The Morgan fingerprint density at radius 3 is 2.54 bits per heavy atom. The molecule has 6 nitrogen and oxygen atoms in total. The SMILES string of the molecule is CC(NC(=O)c1ccc(NC2CC2)c([N+](=O)[O-])c1)c1ccc(F)c(F)c1. The summed E-state index contributed by atoms with van der Waals surface area (Å²) in [4.78, 5) is 23.1. The number of anilines is 1. The van der Waals surface area contributed by atoms with Crippen LogP contribution in [-0.2, 0) is 0 Å². The van der Waals surface area contributed by atoms with E-state index in [9.17, 15) is 23.7 Å². The molecule has 3 rings (SSSR count). The number of hydrogen-bond acceptors (Lipinski definition) is 4. The molecule has 0 radical (unpaired) electrons. The van der Waals surface area contributed by atoms with Gasteiger partial charge in [-0.15, -0.1) is 0 Å². The molecule has 1 saturated carbocycles. The molecule has 136 valence electrons. The zero-order valence-corrected chi connectivity index (χ0v) is 14.0. The van der Waals surface area contributed by atoms with Crippen LogP contribution in [0, 0.1) is 21.7 Å². The van der Waals surface area contributed by atoms with Gasteiger partial charge in [-0.1, -0.05) is 6.07 Å². The summed E-state index contributed by atoms with van der Waals surface area (Å²) in [7, 11) is 0. The normalized spacial score (nSPS) is 14.6. The van der Waals surface area contributed by atoms with E-state index in [1.807, 2.05) is 0 Å². The Bertz CT molecular complexity index is 869. The van der Waals surface area contributed by atoms with Crippen molar-refractivity contribution in [2.24, 2.45) is 0 Å². The highest BCUT2D eigenvalue weighted by Gasteiger charge is 2.25. The van der Waals surface area contributed by atoms with Crippen LogP contribution in [0.4, 0.5) is 20.2 Å². The number of benzene rings is 2. The van der Waals surface area contributed by atoms with Crippen molar-refractivity contribution in [2.45, 2.75) is 31.8 Å². The van der Waals surface area contributed by atoms with E-state index in [4.69, 9.17) is 0 Å². The van der Waals surface area contributed by atoms with Crippen molar-refractivity contribution in [3.05, 3.63) is 69.3 Å². The number of nitrogens with zero attached hydrogens (tertiary/aromatic N) is 1. The van der Waals surface area contributed by atoms with Crippen LogP contribution in [0.1, 0.15) is 41.7 Å². The zero-order valence-electron chi connectivity index (χ0n) is 14.0. The molecule has 0 bridgehead atoms. The number of nitro groups is 1. The van der Waals surface area contributed by atoms with Gasteiger partial charge in [0.2, 0.25) is 0 Å². The number of amides is 1. The van der Waals surface area contributed by atoms with E-state index < -0.39 is 28.5 Å². The van der Waals surface area contributed by atoms with E-state index in [-0.39, 0.29) is 17.3 Å². The van der Waals surface area contributed by atoms with E-state index in [2.05, 4.69) is 10.6 Å². The van der Waals surface area contributed by atoms with Gasteiger partial charge >= 0.3 is 0 Å². The molecule has 0 aliphatic heterocycles. The summed E-state index contributed by atoms with van der Waals surface area (Å²) in [5.41, 5.74) is 0.707. The van der Waals surface area contributed by atoms with Crippen molar-refractivity contribution in [1.29, 1.82) is 0 Å². The fraction of sp³-hybridized carbons (Fsp3) is 0.278. The average molecular weight is 361 g/mol. The number of nitrogens with one attached hydrogen (secondary N) is 2. The Labute approximate surface area is 148 Å². The molecule has 1 amide bonds. The molecule has 2 aromatic carbocycles. The minimum atomic E-state index is -1.00. The second-order valence-corrected chi connectivity index (χ2v) is 6.28. The van der Waals surface area contributed by atoms with Gasteiger partial charge in [-0.3, -0.25) is 14.9 Å². The molecule has 2 aromatic rings. The lowest BCUT2D eigenvalue weighted by Crippen LogP contribution is -2.26. The van der Waals surface area contributed by atoms with Crippen molar-refractivity contribution in [3.8, 4) is 0 Å². The van der Waals surface area contributed by atoms with Crippen LogP contribution in [0.15, 0.2) is 36.4 Å². The predicted molar refractivity (Wildman–Crippen MR) is 92.0 cm³/mol. The Morgan fingerprint density at radius 2 is 1.92 bits per heavy atom. The van der Waals surface area contributed by atoms with E-state index in [0.29, 0.717) is 11.3 Å². The van der Waals surface area contributed by atoms with Crippen LogP contribution < -0.4 is 10.6 Å². The molecular weight excluding hydrogens is 344 g/mol. The molecule has 1 aliphatic rings. The molecule has 2 N–H and O–H groups in total. The summed E-state index contributed by atoms with van der Waals surface area (Å²) in [6.07, 6.45) is 1.93. The molecular formula is C18H17F2N3O3. The van der Waals surface area contributed by atoms with Gasteiger partial charge in [-0.2, -0.15) is 0 Å². The Balaban J connectivity index is 1.77. The first-order valence-corrected chi connectivity index (χ1v) is 8.16. The summed E-state index contributed by atoms with van der Waals surface area (Å²) >= 11 is 0. The minimum Gasteiger partial charge on any atom is -0.377 e. The number of carbonyl (C=O) groups excluding carboxylic acids is 1. The van der Waals surface area contributed by atoms with Gasteiger partial charge in [-0.25, -0.2) is 8.78 Å². The Kier molecular flexibility index (Phi) is 4.83. The van der Waals surface area contributed by atoms with Crippen LogP contribution in [-0.4, -0.2) is 16.9 Å². The lowest BCUT2D eigenvalue weighted by Gasteiger charge is -2.15. The Hall–Kier alpha value is -3.03. The molecule has 0 aromatic heterocycles. The average Bonchev–Trinajstić information content (AvgIpc) is 3.41. The highest BCUT2D eigenvalue weighted by Crippen LogP contribution is 2.31. The van der Waals surface area contributed by atoms with Crippen LogP contribution in [0.25, 0.3) is 0 Å². The Morgan fingerprint density at radius 1 is 1.19 bits per heavy atom. The lowest BCUT2D eigenvalue weighted by molar-refractivity contribution is -0.384. The lowest BCUT2D eigenvalue weighted by atomic mass is 10.1. The van der Waals surface area contributed by atoms with Crippen LogP contribution in [0.3, 0.4) is 0 Å². The summed E-state index contributed by atoms with van der Waals surface area (Å²) in [5, 5.41) is 17.0. The zero-order chi connectivity index (χ0) is 18.8. The first kappa shape index (κ1) is 17.8. The number of carbonyl (C=O) groups is 1. The fourth-order valence-electron chi connectivity index (χ4n) is 2.54. The van der Waals surface area contributed by atoms with E-state index in [1.54, 1.807) is 6.92 Å². The summed E-state index contributed by atoms with van der Waals surface area (Å²) in [6.45, 7) is 1.61. The molecule has 1 atom stereocenters. The second-order valence-electron chi connectivity index (χ2n) is 6.28. The van der Waals surface area contributed by atoms with Crippen molar-refractivity contribution in [2.75, 3.05) is 5.32 Å². The molecule has 1 unspecified atom stereocenters. The summed E-state index contributed by atoms with van der Waals surface area (Å²) < 4.78 is 26.3. The number of nitro benzene ring substituents is 1. The fourth-order valence-corrected chi connectivity index (χ4v) is 2.54. The first-order valence-electron chi connectivity index (χ1n) is 8.16. The third-order valence-electron chi connectivity index (χ3n) is 4.18. The minimum absolute atomic E-state index is 0.118. The van der Waals surface area contributed by atoms with Crippen molar-refractivity contribution < 1.29 is 18.5 Å². The molecule has 0 heterocycles. The highest BCUT2D eigenvalue weighted by atomic mass is 19.2. The summed E-state index contributed by atoms with van der Waals surface area (Å²) in [5.74, 6) is -2.51. The predicted octanol–water partition coefficient (Wildman–Crippen LogP) is 3.94. The first-order chi connectivity index (χ1) is 12.3. The second kappa shape index (κ2) is 7.07. The number of halogens is 2. The van der Waals surface area contributed by atoms with E-state index in [0.717, 1.165) is 25.0 Å². The standard InChI is InChI=1S/C18H17F2N3O3/c1-10(11-2-6-14(19)15(20)8-11)21-18(24)12-3-7-16(22-13-4-5-13)17(9-12)23(25)26/h2-3,6-10,13,22H,4-5H2,1H3,(H,21,24). The smallest absolute Gasteiger partial charge is 0.293 e. The van der Waals surface area contributed by atoms with Crippen molar-refractivity contribution in [1.82, 2.24) is 5.32 Å². The maximum absolute atomic E-state index is 13.3. The number of rotatable bonds is 6. The van der Waals surface area contributed by atoms with Gasteiger partial charge in [0.05, 0.1) is 11.0 Å². The number of hydrogen-bond donors (Lipinski definition) is 2. The van der Waals surface area contributed by atoms with Gasteiger partial charge in [0.25, 0.3) is 11.6 Å². The maximum atomic E-state index is 13.3. The van der Waals surface area contributed by atoms with Gasteiger partial charge in [0.1, 0.15) is 5.69 Å². The van der Waals surface area contributed by atoms with Crippen LogP contribution >= 0.6 is 0 Å². The van der Waals surface area contributed by atoms with Crippen molar-refractivity contribution in [3.63, 3.8) is 0 Å². The third-order valence-corrected chi connectivity index (χ3v) is 4.18. The monoisotopic (exact) mass is 361 g/mol. The largest absolute Gasteiger partial charge is 0.377 e. The quantitative estimate of drug-likeness (QED) is 0.603. The highest BCUT2D eigenvalue weighted by molar-refractivity contribution is 5.96. The maximum Gasteiger partial charge on any atom is 0.293 e. The van der Waals surface area contributed by atoms with Crippen molar-refractivity contribution >= 4 is 17.3 Å². The molecule has 8 heteroatoms. The van der Waals surface area contributed by atoms with Crippen LogP contribution in [0.2, 0.25) is 0 Å². The molecule has 1 aliphatic carbocycles. The molecule has 0 saturated heterocycles. The van der Waals surface area contributed by atoms with Gasteiger partial charge in [0, 0.05) is 17.7 Å². The van der Waals surface area contributed by atoms with Gasteiger partial charge < -0.3 is 10.6 Å². The van der Waals surface area contributed by atoms with E-state index >= 15 is 0 Å². The molecule has 0 spiro atoms. The molecule has 1 fully saturated rings. The van der Waals surface area contributed by atoms with Crippen LogP contribution in [0.5, 0.6) is 0 Å². The third kappa shape index (κ3) is 3.96. The molecule has 26 heavy (non-hydrogen) atoms. The summed E-state index contributed by atoms with van der Waals surface area (Å²) in [6, 6.07) is 7.20.